The Morgan fingerprint density at radius 2 is 1.58 bits per heavy atom. The van der Waals surface area contributed by atoms with Gasteiger partial charge in [0.1, 0.15) is 0 Å². The Kier molecular flexibility index (Phi) is 14.3. The predicted octanol–water partition coefficient (Wildman–Crippen LogP) is 8.54. The Hall–Kier alpha value is -3.96. The molecule has 45 heavy (non-hydrogen) atoms. The van der Waals surface area contributed by atoms with E-state index in [0.29, 0.717) is 5.57 Å². The number of dihydropyridines is 1. The summed E-state index contributed by atoms with van der Waals surface area (Å²) in [5, 5.41) is 0. The molecule has 0 radical (unpaired) electrons. The van der Waals surface area contributed by atoms with Crippen LogP contribution in [0.5, 0.6) is 0 Å². The minimum atomic E-state index is 0. The van der Waals surface area contributed by atoms with Crippen molar-refractivity contribution in [1.29, 1.82) is 0 Å². The minimum Gasteiger partial charge on any atom is -0.366 e. The summed E-state index contributed by atoms with van der Waals surface area (Å²) in [7, 11) is 0. The molecule has 0 N–H and O–H groups in total. The van der Waals surface area contributed by atoms with Crippen molar-refractivity contribution in [2.45, 2.75) is 25.7 Å². The second-order valence-corrected chi connectivity index (χ2v) is 10.4. The Morgan fingerprint density at radius 3 is 2.29 bits per heavy atom. The van der Waals surface area contributed by atoms with Gasteiger partial charge in [0.05, 0.1) is 0 Å². The van der Waals surface area contributed by atoms with Crippen molar-refractivity contribution in [3.05, 3.63) is 180 Å². The number of pyridine rings is 1. The van der Waals surface area contributed by atoms with Crippen molar-refractivity contribution in [2.24, 2.45) is 4.99 Å². The molecule has 2 nitrogen and oxygen atoms in total. The number of aromatic nitrogens is 1. The third-order valence-electron chi connectivity index (χ3n) is 7.45. The number of benzene rings is 3. The van der Waals surface area contributed by atoms with Crippen LogP contribution in [0.2, 0.25) is 0 Å². The first-order valence-electron chi connectivity index (χ1n) is 14.5. The van der Waals surface area contributed by atoms with Gasteiger partial charge in [0.15, 0.2) is 0 Å². The molecule has 0 spiro atoms. The van der Waals surface area contributed by atoms with Gasteiger partial charge in [-0.25, -0.2) is 0 Å². The van der Waals surface area contributed by atoms with E-state index >= 15 is 0 Å². The van der Waals surface area contributed by atoms with E-state index in [4.69, 9.17) is 12.8 Å². The first kappa shape index (κ1) is 35.5. The van der Waals surface area contributed by atoms with Crippen molar-refractivity contribution in [1.82, 2.24) is 4.98 Å². The Bertz CT molecular complexity index is 1830. The maximum absolute atomic E-state index is 7.14. The van der Waals surface area contributed by atoms with Crippen molar-refractivity contribution in [2.75, 3.05) is 6.54 Å². The maximum Gasteiger partial charge on any atom is 1.00 e. The van der Waals surface area contributed by atoms with E-state index in [-0.39, 0.29) is 44.8 Å². The number of allylic oxidation sites excluding steroid dienone is 6. The summed E-state index contributed by atoms with van der Waals surface area (Å²) in [6, 6.07) is 28.9. The van der Waals surface area contributed by atoms with Gasteiger partial charge in [-0.1, -0.05) is 78.9 Å². The first-order valence-corrected chi connectivity index (χ1v) is 14.5. The van der Waals surface area contributed by atoms with Crippen LogP contribution in [0.15, 0.2) is 139 Å². The quantitative estimate of drug-likeness (QED) is 0.0769. The van der Waals surface area contributed by atoms with E-state index in [9.17, 15) is 0 Å². The number of fused-ring (bicyclic) bond motifs is 4. The number of aliphatic imine (C=N–C) groups is 1. The van der Waals surface area contributed by atoms with E-state index in [0.717, 1.165) is 49.2 Å². The maximum atomic E-state index is 7.14. The number of rotatable bonds is 4. The van der Waals surface area contributed by atoms with E-state index in [2.05, 4.69) is 95.2 Å². The van der Waals surface area contributed by atoms with Gasteiger partial charge < -0.3 is 12.8 Å². The Labute approximate surface area is 299 Å². The molecule has 3 aliphatic rings. The monoisotopic (exact) mass is 946 g/mol. The summed E-state index contributed by atoms with van der Waals surface area (Å²) in [5.41, 5.74) is 12.9. The molecule has 2 aliphatic carbocycles. The van der Waals surface area contributed by atoms with Gasteiger partial charge in [-0.2, -0.15) is 6.58 Å². The molecule has 0 unspecified atom stereocenters. The topological polar surface area (TPSA) is 25.2 Å². The van der Waals surface area contributed by atoms with Crippen LogP contribution in [0.4, 0.5) is 0 Å². The molecule has 3 aromatic carbocycles. The van der Waals surface area contributed by atoms with Gasteiger partial charge in [0, 0.05) is 30.6 Å². The average Bonchev–Trinajstić information content (AvgIpc) is 3.66. The molecule has 1 aromatic heterocycles. The second-order valence-electron chi connectivity index (χ2n) is 10.4. The third kappa shape index (κ3) is 9.76. The molecule has 4 aromatic rings. The van der Waals surface area contributed by atoms with Crippen LogP contribution < -0.4 is 0 Å². The molecular formula is C41H32Au2N2. The molecule has 0 fully saturated rings. The van der Waals surface area contributed by atoms with Crippen molar-refractivity contribution in [3.8, 4) is 23.0 Å². The summed E-state index contributed by atoms with van der Waals surface area (Å²) in [4.78, 5) is 8.67. The van der Waals surface area contributed by atoms with Crippen molar-refractivity contribution >= 4 is 11.3 Å². The number of hydrogen-bond acceptors (Lipinski definition) is 2. The summed E-state index contributed by atoms with van der Waals surface area (Å²) >= 11 is 0. The first-order chi connectivity index (χ1) is 21.1. The largest absolute Gasteiger partial charge is 1.00 e. The normalized spacial score (nSPS) is 12.8. The van der Waals surface area contributed by atoms with Crippen LogP contribution in [-0.4, -0.2) is 17.2 Å². The second kappa shape index (κ2) is 18.1. The van der Waals surface area contributed by atoms with Gasteiger partial charge in [0.2, 0.25) is 0 Å². The van der Waals surface area contributed by atoms with Crippen molar-refractivity contribution < 1.29 is 44.8 Å². The zero-order valence-corrected chi connectivity index (χ0v) is 29.1. The molecule has 2 heterocycles. The fourth-order valence-electron chi connectivity index (χ4n) is 5.26. The van der Waals surface area contributed by atoms with Gasteiger partial charge in [0.25, 0.3) is 0 Å². The molecule has 1 aliphatic heterocycles. The fraction of sp³-hybridized carbons (Fsp3) is 0.122. The molecule has 4 heteroatoms. The average molecular weight is 947 g/mol. The third-order valence-corrected chi connectivity index (χ3v) is 7.45. The van der Waals surface area contributed by atoms with Crippen LogP contribution in [0.3, 0.4) is 0 Å². The van der Waals surface area contributed by atoms with E-state index in [1.165, 1.54) is 39.0 Å². The van der Waals surface area contributed by atoms with Crippen LogP contribution in [0, 0.1) is 24.7 Å². The molecule has 0 saturated heterocycles. The molecular weight excluding hydrogens is 914 g/mol. The summed E-state index contributed by atoms with van der Waals surface area (Å²) in [5.74, 6) is 4.69. The predicted molar refractivity (Wildman–Crippen MR) is 178 cm³/mol. The van der Waals surface area contributed by atoms with Crippen molar-refractivity contribution in [3.63, 3.8) is 0 Å². The fourth-order valence-corrected chi connectivity index (χ4v) is 5.26. The zero-order valence-electron chi connectivity index (χ0n) is 24.8. The zero-order chi connectivity index (χ0) is 29.9. The molecule has 0 bridgehead atoms. The summed E-state index contributed by atoms with van der Waals surface area (Å²) < 4.78 is 0. The van der Waals surface area contributed by atoms with Crippen LogP contribution in [0.1, 0.15) is 39.9 Å². The van der Waals surface area contributed by atoms with Gasteiger partial charge in [-0.3, -0.25) is 21.8 Å². The summed E-state index contributed by atoms with van der Waals surface area (Å²) in [6.45, 7) is 4.61. The van der Waals surface area contributed by atoms with E-state index in [1.54, 1.807) is 0 Å². The standard InChI is InChI=1S/C15H9.C15H11.C11H12N2.2Au/c1-2-11-7-8-13-10-12-5-3-4-6-14(12)15(13)9-11;1-3-12(2)8-9-14-11-10-13-6-4-5-7-15(13)14;1-3-7-12-10(5-1)9-11-6-2-4-8-13-11;;/h3-9H,10H2;4-9,11H,2,10H2;1-3,5-7H,4,8-9H2;;/q2*-1;;2*+1/b;9-8-;;;. The van der Waals surface area contributed by atoms with Crippen LogP contribution >= 0.6 is 0 Å². The number of hydrogen-bond donors (Lipinski definition) is 0. The van der Waals surface area contributed by atoms with E-state index < -0.39 is 0 Å². The molecule has 228 valence electrons. The molecule has 0 amide bonds. The van der Waals surface area contributed by atoms with Gasteiger partial charge in [-0.05, 0) is 76.4 Å². The van der Waals surface area contributed by atoms with E-state index in [1.807, 2.05) is 54.7 Å². The SMILES string of the molecule is C1=CC(Cc2ccccn2)=NCC1.[Au+].[Au+].[C-]#CC(=C)/C=C\C1=CCc2ccccc21.[C-]#Cc1ccc2c(c1)-c1ccccc1C2. The Balaban J connectivity index is 0.000000181. The van der Waals surface area contributed by atoms with Crippen LogP contribution in [0.25, 0.3) is 16.7 Å². The smallest absolute Gasteiger partial charge is 0.366 e. The summed E-state index contributed by atoms with van der Waals surface area (Å²) in [6.07, 6.45) is 30.1. The van der Waals surface area contributed by atoms with Gasteiger partial charge in [-0.15, -0.1) is 29.3 Å². The van der Waals surface area contributed by atoms with Gasteiger partial charge >= 0.3 is 44.8 Å². The van der Waals surface area contributed by atoms with Crippen LogP contribution in [-0.2, 0) is 64.0 Å². The minimum absolute atomic E-state index is 0. The number of nitrogens with zero attached hydrogens (tertiary/aromatic N) is 2. The molecule has 0 saturated carbocycles. The Morgan fingerprint density at radius 1 is 0.844 bits per heavy atom. The molecule has 0 atom stereocenters. The molecule has 7 rings (SSSR count).